The standard InChI is InChI=1S/2C18H36N3O5P/c2*1-12(2)16(19)18(24)21-13(3)17(23)20-9-15(22)11-27(25,26)10-14-7-5-4-6-8-14/h2*12-16,22H,4-11,19H2,1-3H3,(H,20,23)(H,21,24)(H,25,26)/t13-,15+,16-;13-,15-,16+/m01/s1. The fraction of sp³-hybridized carbons (Fsp3) is 0.889. The molecule has 0 spiro atoms. The van der Waals surface area contributed by atoms with Crippen molar-refractivity contribution >= 4 is 38.4 Å². The van der Waals surface area contributed by atoms with Gasteiger partial charge in [-0.25, -0.2) is 0 Å². The number of amides is 4. The van der Waals surface area contributed by atoms with Crippen molar-refractivity contribution in [2.45, 2.75) is 142 Å². The number of nitrogens with one attached hydrogen (secondary N) is 4. The van der Waals surface area contributed by atoms with Crippen LogP contribution in [-0.2, 0) is 28.3 Å². The maximum absolute atomic E-state index is 12.4. The quantitative estimate of drug-likeness (QED) is 0.0786. The van der Waals surface area contributed by atoms with Gasteiger partial charge in [0.15, 0.2) is 0 Å². The van der Waals surface area contributed by atoms with E-state index in [0.29, 0.717) is 0 Å². The molecule has 0 heterocycles. The third-order valence-electron chi connectivity index (χ3n) is 10.1. The maximum atomic E-state index is 12.4. The minimum Gasteiger partial charge on any atom is -0.391 e. The van der Waals surface area contributed by atoms with Gasteiger partial charge < -0.3 is 52.7 Å². The largest absolute Gasteiger partial charge is 0.391 e. The molecule has 316 valence electrons. The van der Waals surface area contributed by atoms with Crippen LogP contribution in [0.3, 0.4) is 0 Å². The fourth-order valence-electron chi connectivity index (χ4n) is 6.58. The van der Waals surface area contributed by atoms with Gasteiger partial charge in [-0.1, -0.05) is 66.2 Å². The van der Waals surface area contributed by atoms with Crippen LogP contribution in [-0.4, -0.2) is 118 Å². The van der Waals surface area contributed by atoms with E-state index in [-0.39, 0.29) is 61.4 Å². The zero-order chi connectivity index (χ0) is 41.2. The van der Waals surface area contributed by atoms with Crippen molar-refractivity contribution in [3.63, 3.8) is 0 Å². The SMILES string of the molecule is CC(C)[C@H](N)C(=O)N[C@@H](C)C(=O)NC[C@@H](O)CP(=O)(O)CC1CCCCC1.CC(C)[C@H](N)C(=O)N[C@H](C)C(=O)NC[C@@H](O)CP(=O)(O)CC1CCCCC1. The Morgan fingerprint density at radius 2 is 0.870 bits per heavy atom. The molecule has 18 heteroatoms. The number of aliphatic hydroxyl groups excluding tert-OH is 2. The summed E-state index contributed by atoms with van der Waals surface area (Å²) in [5.41, 5.74) is 11.5. The summed E-state index contributed by atoms with van der Waals surface area (Å²) >= 11 is 0. The molecule has 0 radical (unpaired) electrons. The normalized spacial score (nSPS) is 21.1. The smallest absolute Gasteiger partial charge is 0.242 e. The Morgan fingerprint density at radius 1 is 0.574 bits per heavy atom. The topological polar surface area (TPSA) is 284 Å². The molecule has 8 atom stereocenters. The molecular weight excluding hydrogens is 738 g/mol. The van der Waals surface area contributed by atoms with Crippen LogP contribution in [0.15, 0.2) is 0 Å². The van der Waals surface area contributed by atoms with Gasteiger partial charge in [-0.15, -0.1) is 0 Å². The molecule has 0 saturated heterocycles. The van der Waals surface area contributed by atoms with Crippen molar-refractivity contribution in [3.8, 4) is 0 Å². The van der Waals surface area contributed by atoms with E-state index in [9.17, 15) is 48.3 Å². The molecule has 0 aliphatic heterocycles. The third kappa shape index (κ3) is 20.9. The molecule has 54 heavy (non-hydrogen) atoms. The highest BCUT2D eigenvalue weighted by Gasteiger charge is 2.31. The van der Waals surface area contributed by atoms with E-state index >= 15 is 0 Å². The van der Waals surface area contributed by atoms with E-state index in [1.165, 1.54) is 26.7 Å². The van der Waals surface area contributed by atoms with Crippen molar-refractivity contribution < 1.29 is 48.3 Å². The molecule has 2 aliphatic rings. The molecule has 2 fully saturated rings. The first kappa shape index (κ1) is 50.1. The predicted molar refractivity (Wildman–Crippen MR) is 211 cm³/mol. The number of nitrogens with two attached hydrogens (primary N) is 2. The summed E-state index contributed by atoms with van der Waals surface area (Å²) in [6.07, 6.45) is 8.38. The minimum absolute atomic E-state index is 0.0510. The monoisotopic (exact) mass is 810 g/mol. The van der Waals surface area contributed by atoms with Crippen molar-refractivity contribution in [1.82, 2.24) is 21.3 Å². The highest BCUT2D eigenvalue weighted by Crippen LogP contribution is 2.46. The summed E-state index contributed by atoms with van der Waals surface area (Å²) < 4.78 is 24.7. The van der Waals surface area contributed by atoms with E-state index < -0.39 is 74.7 Å². The van der Waals surface area contributed by atoms with E-state index in [1.807, 2.05) is 27.7 Å². The maximum Gasteiger partial charge on any atom is 0.242 e. The molecule has 2 saturated carbocycles. The number of carbonyl (C=O) groups is 4. The fourth-order valence-corrected chi connectivity index (χ4v) is 10.8. The summed E-state index contributed by atoms with van der Waals surface area (Å²) in [5.74, 6) is -1.39. The van der Waals surface area contributed by atoms with Gasteiger partial charge in [0.25, 0.3) is 0 Å². The molecule has 2 rings (SSSR count). The Bertz CT molecular complexity index is 1170. The van der Waals surface area contributed by atoms with E-state index in [0.717, 1.165) is 51.4 Å². The van der Waals surface area contributed by atoms with Gasteiger partial charge in [-0.3, -0.25) is 28.3 Å². The second kappa shape index (κ2) is 24.7. The van der Waals surface area contributed by atoms with Crippen molar-refractivity contribution in [2.24, 2.45) is 35.1 Å². The number of hydrogen-bond donors (Lipinski definition) is 10. The Kier molecular flexibility index (Phi) is 22.9. The van der Waals surface area contributed by atoms with Crippen LogP contribution in [0.5, 0.6) is 0 Å². The average Bonchev–Trinajstić information content (AvgIpc) is 3.08. The van der Waals surface area contributed by atoms with Crippen LogP contribution in [0.4, 0.5) is 0 Å². The van der Waals surface area contributed by atoms with Crippen molar-refractivity contribution in [2.75, 3.05) is 37.7 Å². The van der Waals surface area contributed by atoms with Gasteiger partial charge in [0.2, 0.25) is 38.4 Å². The molecule has 16 nitrogen and oxygen atoms in total. The second-order valence-electron chi connectivity index (χ2n) is 16.2. The van der Waals surface area contributed by atoms with Crippen LogP contribution in [0, 0.1) is 23.7 Å². The molecule has 12 N–H and O–H groups in total. The minimum atomic E-state index is -3.44. The summed E-state index contributed by atoms with van der Waals surface area (Å²) in [5, 5.41) is 30.1. The van der Waals surface area contributed by atoms with E-state index in [2.05, 4.69) is 21.3 Å². The number of hydrogen-bond acceptors (Lipinski definition) is 10. The first-order chi connectivity index (χ1) is 25.0. The molecule has 0 bridgehead atoms. The van der Waals surface area contributed by atoms with Gasteiger partial charge in [-0.2, -0.15) is 0 Å². The first-order valence-corrected chi connectivity index (χ1v) is 23.7. The Labute approximate surface area is 322 Å². The lowest BCUT2D eigenvalue weighted by atomic mass is 9.91. The highest BCUT2D eigenvalue weighted by molar-refractivity contribution is 7.58. The molecular formula is C36H72N6O10P2. The molecule has 2 unspecified atom stereocenters. The van der Waals surface area contributed by atoms with Crippen LogP contribution in [0.1, 0.15) is 106 Å². The van der Waals surface area contributed by atoms with Crippen LogP contribution < -0.4 is 32.7 Å². The zero-order valence-corrected chi connectivity index (χ0v) is 35.2. The van der Waals surface area contributed by atoms with E-state index in [1.54, 1.807) is 0 Å². The lowest BCUT2D eigenvalue weighted by Crippen LogP contribution is -2.52. The van der Waals surface area contributed by atoms with Crippen LogP contribution in [0.2, 0.25) is 0 Å². The molecule has 0 aromatic heterocycles. The summed E-state index contributed by atoms with van der Waals surface area (Å²) in [6, 6.07) is -3.02. The Hall–Kier alpha value is -1.90. The highest BCUT2D eigenvalue weighted by atomic mass is 31.2. The van der Waals surface area contributed by atoms with Crippen molar-refractivity contribution in [1.29, 1.82) is 0 Å². The van der Waals surface area contributed by atoms with Gasteiger partial charge in [0, 0.05) is 25.4 Å². The summed E-state index contributed by atoms with van der Waals surface area (Å²) in [7, 11) is -6.87. The summed E-state index contributed by atoms with van der Waals surface area (Å²) in [4.78, 5) is 68.2. The molecule has 2 aliphatic carbocycles. The van der Waals surface area contributed by atoms with Gasteiger partial charge in [0.1, 0.15) is 12.1 Å². The number of carbonyl (C=O) groups excluding carboxylic acids is 4. The number of rotatable bonds is 20. The van der Waals surface area contributed by atoms with E-state index in [4.69, 9.17) is 11.5 Å². The second-order valence-corrected chi connectivity index (χ2v) is 21.1. The first-order valence-electron chi connectivity index (χ1n) is 19.7. The third-order valence-corrected chi connectivity index (χ3v) is 14.3. The lowest BCUT2D eigenvalue weighted by Gasteiger charge is -2.25. The average molecular weight is 811 g/mol. The number of aliphatic hydroxyl groups is 2. The van der Waals surface area contributed by atoms with Gasteiger partial charge in [-0.05, 0) is 63.2 Å². The summed E-state index contributed by atoms with van der Waals surface area (Å²) in [6.45, 7) is 10.0. The van der Waals surface area contributed by atoms with Crippen molar-refractivity contribution in [3.05, 3.63) is 0 Å². The Morgan fingerprint density at radius 3 is 1.15 bits per heavy atom. The van der Waals surface area contributed by atoms with Crippen LogP contribution >= 0.6 is 14.7 Å². The lowest BCUT2D eigenvalue weighted by molar-refractivity contribution is -0.129. The molecule has 0 aromatic rings. The Balaban J connectivity index is 0.000000540. The molecule has 4 amide bonds. The molecule has 0 aromatic carbocycles. The van der Waals surface area contributed by atoms with Gasteiger partial charge >= 0.3 is 0 Å². The van der Waals surface area contributed by atoms with Crippen LogP contribution in [0.25, 0.3) is 0 Å². The predicted octanol–water partition coefficient (Wildman–Crippen LogP) is 1.60. The van der Waals surface area contributed by atoms with Gasteiger partial charge in [0.05, 0.1) is 36.6 Å². The zero-order valence-electron chi connectivity index (χ0n) is 33.4.